The van der Waals surface area contributed by atoms with Crippen LogP contribution in [0.5, 0.6) is 0 Å². The fraction of sp³-hybridized carbons (Fsp3) is 0.947. The van der Waals surface area contributed by atoms with Crippen LogP contribution in [0.1, 0.15) is 51.9 Å². The Balaban J connectivity index is 0.00000182. The molecule has 8 heteroatoms. The van der Waals surface area contributed by atoms with Gasteiger partial charge in [0.1, 0.15) is 0 Å². The van der Waals surface area contributed by atoms with Crippen LogP contribution in [0.25, 0.3) is 0 Å². The Kier molecular flexibility index (Phi) is 11.5. The molecule has 3 fully saturated rings. The fourth-order valence-corrected chi connectivity index (χ4v) is 4.38. The predicted octanol–water partition coefficient (Wildman–Crippen LogP) is 3.07. The van der Waals surface area contributed by atoms with Gasteiger partial charge in [0.25, 0.3) is 0 Å². The van der Waals surface area contributed by atoms with E-state index >= 15 is 0 Å². The first-order valence-electron chi connectivity index (χ1n) is 10.0. The second-order valence-corrected chi connectivity index (χ2v) is 7.57. The highest BCUT2D eigenvalue weighted by Gasteiger charge is 2.36. The van der Waals surface area contributed by atoms with E-state index in [2.05, 4.69) is 9.80 Å². The van der Waals surface area contributed by atoms with Crippen LogP contribution in [0.15, 0.2) is 0 Å². The lowest BCUT2D eigenvalue weighted by Gasteiger charge is -2.39. The smallest absolute Gasteiger partial charge is 0.308 e. The van der Waals surface area contributed by atoms with Gasteiger partial charge >= 0.3 is 5.97 Å². The number of nitrogens with zero attached hydrogens (tertiary/aromatic N) is 2. The third-order valence-corrected chi connectivity index (χ3v) is 5.88. The maximum absolute atomic E-state index is 11.9. The van der Waals surface area contributed by atoms with Gasteiger partial charge in [-0.3, -0.25) is 14.6 Å². The zero-order valence-electron chi connectivity index (χ0n) is 16.6. The van der Waals surface area contributed by atoms with Crippen LogP contribution < -0.4 is 0 Å². The number of hydrogen-bond donors (Lipinski definition) is 0. The summed E-state index contributed by atoms with van der Waals surface area (Å²) >= 11 is 0. The van der Waals surface area contributed by atoms with E-state index in [4.69, 9.17) is 14.2 Å². The Bertz CT molecular complexity index is 430. The summed E-state index contributed by atoms with van der Waals surface area (Å²) in [6, 6.07) is 0. The summed E-state index contributed by atoms with van der Waals surface area (Å²) in [5.41, 5.74) is 0. The minimum absolute atomic E-state index is 0. The third-order valence-electron chi connectivity index (χ3n) is 5.88. The Morgan fingerprint density at radius 1 is 0.963 bits per heavy atom. The fourth-order valence-electron chi connectivity index (χ4n) is 4.38. The van der Waals surface area contributed by atoms with E-state index in [9.17, 15) is 4.79 Å². The molecule has 0 amide bonds. The molecular formula is C19H36Cl2N2O4. The lowest BCUT2D eigenvalue weighted by Crippen LogP contribution is -2.50. The molecular weight excluding hydrogens is 391 g/mol. The van der Waals surface area contributed by atoms with Crippen LogP contribution in [0, 0.1) is 5.92 Å². The molecule has 2 saturated heterocycles. The third kappa shape index (κ3) is 6.72. The van der Waals surface area contributed by atoms with Crippen molar-refractivity contribution in [2.24, 2.45) is 5.92 Å². The Hall–Kier alpha value is -0.110. The molecule has 0 spiro atoms. The van der Waals surface area contributed by atoms with Crippen molar-refractivity contribution in [3.63, 3.8) is 0 Å². The molecule has 6 nitrogen and oxygen atoms in total. The van der Waals surface area contributed by atoms with Crippen molar-refractivity contribution in [1.82, 2.24) is 9.80 Å². The second-order valence-electron chi connectivity index (χ2n) is 7.57. The van der Waals surface area contributed by atoms with Crippen LogP contribution in [0.2, 0.25) is 0 Å². The zero-order valence-corrected chi connectivity index (χ0v) is 18.3. The summed E-state index contributed by atoms with van der Waals surface area (Å²) < 4.78 is 17.3. The Labute approximate surface area is 176 Å². The van der Waals surface area contributed by atoms with Gasteiger partial charge in [-0.1, -0.05) is 0 Å². The summed E-state index contributed by atoms with van der Waals surface area (Å²) in [7, 11) is 1.80. The van der Waals surface area contributed by atoms with Crippen molar-refractivity contribution in [3.8, 4) is 0 Å². The van der Waals surface area contributed by atoms with Gasteiger partial charge in [-0.05, 0) is 51.9 Å². The number of halogens is 2. The monoisotopic (exact) mass is 426 g/mol. The van der Waals surface area contributed by atoms with Crippen molar-refractivity contribution in [1.29, 1.82) is 0 Å². The molecule has 3 aliphatic rings. The van der Waals surface area contributed by atoms with E-state index in [0.717, 1.165) is 58.3 Å². The highest BCUT2D eigenvalue weighted by molar-refractivity contribution is 5.85. The molecule has 27 heavy (non-hydrogen) atoms. The Morgan fingerprint density at radius 3 is 2.19 bits per heavy atom. The van der Waals surface area contributed by atoms with Crippen LogP contribution in [-0.2, 0) is 19.0 Å². The highest BCUT2D eigenvalue weighted by atomic mass is 35.5. The average Bonchev–Trinajstić information content (AvgIpc) is 3.32. The van der Waals surface area contributed by atoms with Crippen molar-refractivity contribution in [2.45, 2.75) is 70.4 Å². The molecule has 1 aliphatic carbocycles. The van der Waals surface area contributed by atoms with Gasteiger partial charge in [-0.2, -0.15) is 0 Å². The lowest BCUT2D eigenvalue weighted by atomic mass is 9.87. The van der Waals surface area contributed by atoms with E-state index in [0.29, 0.717) is 12.7 Å². The maximum atomic E-state index is 11.9. The predicted molar refractivity (Wildman–Crippen MR) is 110 cm³/mol. The van der Waals surface area contributed by atoms with E-state index < -0.39 is 0 Å². The molecule has 2 aliphatic heterocycles. The number of rotatable bonds is 7. The van der Waals surface area contributed by atoms with Crippen molar-refractivity contribution < 1.29 is 19.0 Å². The van der Waals surface area contributed by atoms with Crippen molar-refractivity contribution in [3.05, 3.63) is 0 Å². The normalized spacial score (nSPS) is 30.4. The van der Waals surface area contributed by atoms with Crippen molar-refractivity contribution in [2.75, 3.05) is 39.9 Å². The summed E-state index contributed by atoms with van der Waals surface area (Å²) in [6.45, 7) is 6.58. The first-order chi connectivity index (χ1) is 12.2. The summed E-state index contributed by atoms with van der Waals surface area (Å²) in [4.78, 5) is 16.8. The number of carbonyl (C=O) groups is 1. The number of ether oxygens (including phenoxy) is 3. The number of carbonyl (C=O) groups excluding carboxylic acids is 1. The topological polar surface area (TPSA) is 51.2 Å². The van der Waals surface area contributed by atoms with Gasteiger partial charge in [0.2, 0.25) is 0 Å². The highest BCUT2D eigenvalue weighted by Crippen LogP contribution is 2.30. The largest absolute Gasteiger partial charge is 0.466 e. The van der Waals surface area contributed by atoms with Crippen LogP contribution in [0.3, 0.4) is 0 Å². The zero-order chi connectivity index (χ0) is 17.6. The lowest BCUT2D eigenvalue weighted by molar-refractivity contribution is -0.181. The van der Waals surface area contributed by atoms with Gasteiger partial charge in [-0.25, -0.2) is 0 Å². The molecule has 0 N–H and O–H groups in total. The van der Waals surface area contributed by atoms with Crippen LogP contribution in [-0.4, -0.2) is 74.2 Å². The molecule has 2 heterocycles. The number of hydrogen-bond acceptors (Lipinski definition) is 6. The SMILES string of the molecule is CCOC(=O)C1CCC(OC(N2CCCC2)N2CC[C@@H](OC)C2)CC1.Cl.Cl. The van der Waals surface area contributed by atoms with E-state index in [1.54, 1.807) is 7.11 Å². The van der Waals surface area contributed by atoms with Crippen LogP contribution >= 0.6 is 24.8 Å². The van der Waals surface area contributed by atoms with E-state index in [1.807, 2.05) is 6.92 Å². The van der Waals surface area contributed by atoms with Crippen molar-refractivity contribution >= 4 is 30.8 Å². The quantitative estimate of drug-likeness (QED) is 0.582. The summed E-state index contributed by atoms with van der Waals surface area (Å²) in [5, 5.41) is 0. The number of esters is 1. The minimum atomic E-state index is -0.0282. The average molecular weight is 427 g/mol. The van der Waals surface area contributed by atoms with Gasteiger partial charge in [-0.15, -0.1) is 24.8 Å². The van der Waals surface area contributed by atoms with E-state index in [-0.39, 0.29) is 49.2 Å². The maximum Gasteiger partial charge on any atom is 0.308 e. The number of likely N-dealkylation sites (tertiary alicyclic amines) is 2. The molecule has 1 saturated carbocycles. The van der Waals surface area contributed by atoms with Crippen LogP contribution in [0.4, 0.5) is 0 Å². The minimum Gasteiger partial charge on any atom is -0.466 e. The van der Waals surface area contributed by atoms with Gasteiger partial charge in [0, 0.05) is 33.3 Å². The molecule has 160 valence electrons. The molecule has 0 radical (unpaired) electrons. The molecule has 1 unspecified atom stereocenters. The molecule has 0 aromatic rings. The standard InChI is InChI=1S/C19H34N2O4.2ClH/c1-3-24-18(22)15-6-8-16(9-7-15)25-19(20-11-4-5-12-20)21-13-10-17(14-21)23-2;;/h15-17,19H,3-14H2,1-2H3;2*1H/t15?,16?,17-,19?;;/m1../s1. The number of methoxy groups -OCH3 is 1. The molecule has 3 rings (SSSR count). The summed E-state index contributed by atoms with van der Waals surface area (Å²) in [5.74, 6) is 0.0363. The Morgan fingerprint density at radius 2 is 1.63 bits per heavy atom. The summed E-state index contributed by atoms with van der Waals surface area (Å²) in [6.07, 6.45) is 7.93. The van der Waals surface area contributed by atoms with Gasteiger partial charge < -0.3 is 14.2 Å². The first-order valence-corrected chi connectivity index (χ1v) is 10.0. The molecule has 0 aromatic carbocycles. The molecule has 0 aromatic heterocycles. The van der Waals surface area contributed by atoms with Gasteiger partial charge in [0.05, 0.1) is 24.7 Å². The van der Waals surface area contributed by atoms with Gasteiger partial charge in [0.15, 0.2) is 6.35 Å². The van der Waals surface area contributed by atoms with E-state index in [1.165, 1.54) is 12.8 Å². The second kappa shape index (κ2) is 12.5. The first kappa shape index (κ1) is 24.9. The molecule has 2 atom stereocenters. The molecule has 0 bridgehead atoms.